The molecule has 0 radical (unpaired) electrons. The van der Waals surface area contributed by atoms with E-state index in [0.717, 1.165) is 33.7 Å². The molecule has 8 bridgehead atoms. The third-order valence-corrected chi connectivity index (χ3v) is 9.65. The minimum Gasteiger partial charge on any atom is -0.511 e. The number of aliphatic imine (C=N–C) groups is 3. The molecule has 0 aromatic heterocycles. The molecule has 0 aromatic rings. The van der Waals surface area contributed by atoms with Crippen molar-refractivity contribution in [2.75, 3.05) is 13.7 Å². The minimum atomic E-state index is -5.13. The third kappa shape index (κ3) is 5.53. The van der Waals surface area contributed by atoms with Crippen molar-refractivity contribution in [1.29, 1.82) is 0 Å². The van der Waals surface area contributed by atoms with Gasteiger partial charge in [-0.1, -0.05) is 13.8 Å². The topological polar surface area (TPSA) is 122 Å². The second kappa shape index (κ2) is 11.8. The van der Waals surface area contributed by atoms with Crippen LogP contribution in [0.3, 0.4) is 0 Å². The highest BCUT2D eigenvalue weighted by molar-refractivity contribution is 6.21. The van der Waals surface area contributed by atoms with Gasteiger partial charge in [-0.05, 0) is 74.1 Å². The number of esters is 2. The fourth-order valence-corrected chi connectivity index (χ4v) is 6.94. The molecule has 5 aliphatic heterocycles. The van der Waals surface area contributed by atoms with Crippen LogP contribution >= 0.6 is 0 Å². The second-order valence-corrected chi connectivity index (χ2v) is 12.3. The lowest BCUT2D eigenvalue weighted by Gasteiger charge is -2.17. The van der Waals surface area contributed by atoms with Crippen LogP contribution in [-0.4, -0.2) is 54.1 Å². The van der Waals surface area contributed by atoms with E-state index in [-0.39, 0.29) is 36.4 Å². The zero-order chi connectivity index (χ0) is 33.9. The lowest BCUT2D eigenvalue weighted by atomic mass is 9.86. The van der Waals surface area contributed by atoms with Gasteiger partial charge in [0.1, 0.15) is 12.4 Å². The molecule has 6 rings (SSSR count). The van der Waals surface area contributed by atoms with Gasteiger partial charge in [-0.3, -0.25) is 4.79 Å². The molecular weight excluding hydrogens is 613 g/mol. The van der Waals surface area contributed by atoms with Crippen LogP contribution in [0.15, 0.2) is 106 Å². The Morgan fingerprint density at radius 1 is 1.00 bits per heavy atom. The number of rotatable bonds is 6. The summed E-state index contributed by atoms with van der Waals surface area (Å²) >= 11 is 0. The SMILES string of the molecule is CCC1=C(C)C2=NC1=CC1=C(C)C3=C(O)CC(=C4NC(=CC5=NC(=C2)C(COC(=O)C(F)(F)F)=C5C)[C@@H](C)[C@@H]4CCC(=O)OC)C3=N1. The molecule has 9 nitrogen and oxygen atoms in total. The number of methoxy groups -OCH3 is 1. The Bertz CT molecular complexity index is 1870. The fourth-order valence-electron chi connectivity index (χ4n) is 6.94. The van der Waals surface area contributed by atoms with Gasteiger partial charge in [0.2, 0.25) is 0 Å². The Hall–Kier alpha value is -4.74. The highest BCUT2D eigenvalue weighted by atomic mass is 19.4. The van der Waals surface area contributed by atoms with Crippen molar-refractivity contribution in [2.45, 2.75) is 66.5 Å². The summed E-state index contributed by atoms with van der Waals surface area (Å²) in [5.74, 6) is -2.68. The van der Waals surface area contributed by atoms with Gasteiger partial charge in [-0.25, -0.2) is 19.8 Å². The number of carbonyl (C=O) groups is 2. The van der Waals surface area contributed by atoms with E-state index in [0.29, 0.717) is 63.8 Å². The normalized spacial score (nSPS) is 23.6. The summed E-state index contributed by atoms with van der Waals surface area (Å²) in [4.78, 5) is 38.6. The van der Waals surface area contributed by atoms with Crippen LogP contribution in [0.2, 0.25) is 0 Å². The molecule has 6 aliphatic rings. The van der Waals surface area contributed by atoms with Crippen LogP contribution in [0.4, 0.5) is 13.2 Å². The molecule has 12 heteroatoms. The maximum Gasteiger partial charge on any atom is 0.490 e. The summed E-state index contributed by atoms with van der Waals surface area (Å²) in [7, 11) is 1.35. The summed E-state index contributed by atoms with van der Waals surface area (Å²) in [5, 5.41) is 14.7. The average Bonchev–Trinajstić information content (AvgIpc) is 3.77. The van der Waals surface area contributed by atoms with Crippen LogP contribution in [0.5, 0.6) is 0 Å². The number of hydrogen-bond acceptors (Lipinski definition) is 9. The van der Waals surface area contributed by atoms with Gasteiger partial charge in [0.05, 0.1) is 41.3 Å². The van der Waals surface area contributed by atoms with Crippen molar-refractivity contribution in [2.24, 2.45) is 26.8 Å². The van der Waals surface area contributed by atoms with E-state index in [2.05, 4.69) is 5.32 Å². The number of allylic oxidation sites excluding steroid dienone is 11. The largest absolute Gasteiger partial charge is 0.511 e. The smallest absolute Gasteiger partial charge is 0.490 e. The second-order valence-electron chi connectivity index (χ2n) is 12.3. The molecule has 5 heterocycles. The van der Waals surface area contributed by atoms with Crippen molar-refractivity contribution in [3.05, 3.63) is 91.5 Å². The monoisotopic (exact) mass is 648 g/mol. The van der Waals surface area contributed by atoms with Crippen LogP contribution in [0, 0.1) is 11.8 Å². The summed E-state index contributed by atoms with van der Waals surface area (Å²) in [6.45, 7) is 8.98. The Balaban J connectivity index is 1.55. The number of carbonyl (C=O) groups excluding carboxylic acids is 2. The molecular formula is C35H35F3N4O5. The first-order chi connectivity index (χ1) is 22.2. The zero-order valence-corrected chi connectivity index (χ0v) is 27.0. The fraction of sp³-hybridized carbons (Fsp3) is 0.400. The number of aliphatic hydroxyl groups excluding tert-OH is 1. The standard InChI is InChI=1S/C35H35F3N4O5/c1-7-19-15(2)24-12-28-22(14-47-34(45)35(36,37)38)17(4)23(40-28)11-25-16(3)20(8-9-30(44)46-6)32(41-25)21-10-29(43)31-18(5)26(42-33(21)31)13-27(19)39-24/h11-13,16,20,41,43H,7-10,14H2,1-6H3/t16-,20-/m0/s1. The predicted molar refractivity (Wildman–Crippen MR) is 170 cm³/mol. The van der Waals surface area contributed by atoms with Crippen molar-refractivity contribution in [1.82, 2.24) is 5.32 Å². The molecule has 0 spiro atoms. The van der Waals surface area contributed by atoms with Crippen LogP contribution in [-0.2, 0) is 19.1 Å². The molecule has 2 atom stereocenters. The Kier molecular flexibility index (Phi) is 8.09. The summed E-state index contributed by atoms with van der Waals surface area (Å²) in [5.41, 5.74) is 10.2. The predicted octanol–water partition coefficient (Wildman–Crippen LogP) is 6.72. The lowest BCUT2D eigenvalue weighted by Crippen LogP contribution is -2.26. The first kappa shape index (κ1) is 32.2. The van der Waals surface area contributed by atoms with Gasteiger partial charge in [0, 0.05) is 52.8 Å². The van der Waals surface area contributed by atoms with Gasteiger partial charge in [-0.2, -0.15) is 13.2 Å². The molecule has 0 amide bonds. The molecule has 2 N–H and O–H groups in total. The number of nitrogens with zero attached hydrogens (tertiary/aromatic N) is 3. The van der Waals surface area contributed by atoms with Crippen molar-refractivity contribution >= 4 is 29.1 Å². The van der Waals surface area contributed by atoms with Crippen molar-refractivity contribution in [3.63, 3.8) is 0 Å². The van der Waals surface area contributed by atoms with E-state index in [9.17, 15) is 27.9 Å². The highest BCUT2D eigenvalue weighted by Gasteiger charge is 2.43. The summed E-state index contributed by atoms with van der Waals surface area (Å²) in [6, 6.07) is 0. The minimum absolute atomic E-state index is 0.130. The molecule has 1 aliphatic carbocycles. The van der Waals surface area contributed by atoms with E-state index < -0.39 is 18.8 Å². The maximum atomic E-state index is 13.1. The number of halogens is 3. The maximum absolute atomic E-state index is 13.1. The highest BCUT2D eigenvalue weighted by Crippen LogP contribution is 2.46. The van der Waals surface area contributed by atoms with Crippen LogP contribution in [0.1, 0.15) is 60.3 Å². The number of aliphatic hydroxyl groups is 1. The van der Waals surface area contributed by atoms with E-state index in [1.54, 1.807) is 13.0 Å². The van der Waals surface area contributed by atoms with Gasteiger partial charge in [-0.15, -0.1) is 0 Å². The van der Waals surface area contributed by atoms with E-state index >= 15 is 0 Å². The molecule has 47 heavy (non-hydrogen) atoms. The van der Waals surface area contributed by atoms with Crippen LogP contribution < -0.4 is 5.32 Å². The van der Waals surface area contributed by atoms with E-state index in [1.807, 2.05) is 39.8 Å². The quantitative estimate of drug-likeness (QED) is 0.309. The Morgan fingerprint density at radius 2 is 1.66 bits per heavy atom. The zero-order valence-electron chi connectivity index (χ0n) is 27.0. The molecule has 0 unspecified atom stereocenters. The van der Waals surface area contributed by atoms with Gasteiger partial charge in [0.15, 0.2) is 0 Å². The van der Waals surface area contributed by atoms with Gasteiger partial charge >= 0.3 is 18.1 Å². The summed E-state index contributed by atoms with van der Waals surface area (Å²) < 4.78 is 48.8. The average molecular weight is 649 g/mol. The van der Waals surface area contributed by atoms with Gasteiger partial charge in [0.25, 0.3) is 0 Å². The Labute approximate surface area is 270 Å². The molecule has 1 saturated heterocycles. The van der Waals surface area contributed by atoms with Crippen LogP contribution in [0.25, 0.3) is 0 Å². The number of fused-ring (bicyclic) bond motifs is 5. The molecule has 0 saturated carbocycles. The first-order valence-corrected chi connectivity index (χ1v) is 15.5. The lowest BCUT2D eigenvalue weighted by molar-refractivity contribution is -0.198. The molecule has 246 valence electrons. The van der Waals surface area contributed by atoms with E-state index in [1.165, 1.54) is 7.11 Å². The van der Waals surface area contributed by atoms with Crippen molar-refractivity contribution < 1.29 is 37.3 Å². The van der Waals surface area contributed by atoms with Gasteiger partial charge < -0.3 is 19.9 Å². The number of alkyl halides is 3. The third-order valence-electron chi connectivity index (χ3n) is 9.65. The molecule has 0 aromatic carbocycles. The number of hydrogen-bond donors (Lipinski definition) is 2. The molecule has 1 fully saturated rings. The first-order valence-electron chi connectivity index (χ1n) is 15.5. The Morgan fingerprint density at radius 3 is 2.32 bits per heavy atom. The summed E-state index contributed by atoms with van der Waals surface area (Å²) in [6.07, 6.45) is 1.89. The van der Waals surface area contributed by atoms with Crippen molar-refractivity contribution in [3.8, 4) is 0 Å². The number of ether oxygens (including phenoxy) is 2. The number of nitrogens with one attached hydrogen (secondary N) is 1. The van der Waals surface area contributed by atoms with E-state index in [4.69, 9.17) is 24.5 Å².